The highest BCUT2D eigenvalue weighted by molar-refractivity contribution is 5.80. The molecule has 0 aliphatic carbocycles. The van der Waals surface area contributed by atoms with E-state index in [9.17, 15) is 4.79 Å². The Balaban J connectivity index is 1.66. The fourth-order valence-electron chi connectivity index (χ4n) is 2.02. The number of para-hydroxylation sites is 2. The van der Waals surface area contributed by atoms with Gasteiger partial charge in [0, 0.05) is 18.9 Å². The molecule has 0 spiro atoms. The summed E-state index contributed by atoms with van der Waals surface area (Å²) >= 11 is 0. The van der Waals surface area contributed by atoms with Crippen LogP contribution in [0.5, 0.6) is 0 Å². The number of nitrogens with one attached hydrogen (secondary N) is 2. The van der Waals surface area contributed by atoms with E-state index in [1.54, 1.807) is 6.33 Å². The lowest BCUT2D eigenvalue weighted by atomic mass is 10.3. The second kappa shape index (κ2) is 4.97. The molecule has 2 aromatic heterocycles. The molecule has 96 valence electrons. The zero-order valence-corrected chi connectivity index (χ0v) is 10.3. The number of nitrogens with zero attached hydrogens (tertiary/aromatic N) is 2. The summed E-state index contributed by atoms with van der Waals surface area (Å²) in [5.41, 5.74) is 2.93. The van der Waals surface area contributed by atoms with E-state index < -0.39 is 0 Å². The largest absolute Gasteiger partial charge is 0.367 e. The first kappa shape index (κ1) is 11.5. The van der Waals surface area contributed by atoms with Gasteiger partial charge in [0.15, 0.2) is 0 Å². The molecule has 3 aromatic rings. The van der Waals surface area contributed by atoms with Crippen molar-refractivity contribution in [2.45, 2.75) is 13.1 Å². The number of hydrogen-bond donors (Lipinski definition) is 2. The zero-order chi connectivity index (χ0) is 13.1. The first-order valence-electron chi connectivity index (χ1n) is 6.11. The van der Waals surface area contributed by atoms with Crippen LogP contribution < -0.4 is 5.32 Å². The fraction of sp³-hybridized carbons (Fsp3) is 0.143. The summed E-state index contributed by atoms with van der Waals surface area (Å²) in [5, 5.41) is 2.88. The van der Waals surface area contributed by atoms with Crippen molar-refractivity contribution in [2.24, 2.45) is 0 Å². The third-order valence-electron chi connectivity index (χ3n) is 2.99. The minimum absolute atomic E-state index is 0.0237. The van der Waals surface area contributed by atoms with Gasteiger partial charge in [-0.1, -0.05) is 12.1 Å². The number of hydrogen-bond acceptors (Lipinski definition) is 2. The van der Waals surface area contributed by atoms with Crippen molar-refractivity contribution in [3.8, 4) is 0 Å². The number of amides is 1. The second-order valence-corrected chi connectivity index (χ2v) is 4.36. The van der Waals surface area contributed by atoms with Crippen LogP contribution in [-0.2, 0) is 17.9 Å². The Hall–Kier alpha value is -2.56. The van der Waals surface area contributed by atoms with Crippen molar-refractivity contribution in [1.82, 2.24) is 19.9 Å². The number of fused-ring (bicyclic) bond motifs is 1. The minimum atomic E-state index is -0.0237. The maximum absolute atomic E-state index is 11.9. The predicted molar refractivity (Wildman–Crippen MR) is 72.4 cm³/mol. The number of rotatable bonds is 4. The molecule has 1 aromatic carbocycles. The summed E-state index contributed by atoms with van der Waals surface area (Å²) in [4.78, 5) is 19.1. The van der Waals surface area contributed by atoms with Gasteiger partial charge < -0.3 is 14.9 Å². The van der Waals surface area contributed by atoms with E-state index in [1.165, 1.54) is 0 Å². The predicted octanol–water partition coefficient (Wildman–Crippen LogP) is 1.68. The number of carbonyl (C=O) groups is 1. The van der Waals surface area contributed by atoms with E-state index in [-0.39, 0.29) is 12.5 Å². The molecule has 0 bridgehead atoms. The standard InChI is InChI=1S/C14H14N4O/c19-14(16-8-11-5-6-15-7-11)9-18-10-17-12-3-1-2-4-13(12)18/h1-7,10,15H,8-9H2,(H,16,19). The van der Waals surface area contributed by atoms with Crippen LogP contribution in [-0.4, -0.2) is 20.4 Å². The van der Waals surface area contributed by atoms with Gasteiger partial charge in [-0.05, 0) is 23.8 Å². The molecule has 2 heterocycles. The normalized spacial score (nSPS) is 10.7. The average molecular weight is 254 g/mol. The van der Waals surface area contributed by atoms with Crippen LogP contribution in [0.25, 0.3) is 11.0 Å². The number of H-pyrrole nitrogens is 1. The lowest BCUT2D eigenvalue weighted by Crippen LogP contribution is -2.26. The van der Waals surface area contributed by atoms with Gasteiger partial charge in [-0.25, -0.2) is 4.98 Å². The molecule has 5 heteroatoms. The highest BCUT2D eigenvalue weighted by Crippen LogP contribution is 2.11. The number of benzene rings is 1. The van der Waals surface area contributed by atoms with Crippen LogP contribution in [0.4, 0.5) is 0 Å². The highest BCUT2D eigenvalue weighted by atomic mass is 16.1. The van der Waals surface area contributed by atoms with E-state index in [4.69, 9.17) is 0 Å². The molecule has 0 saturated heterocycles. The summed E-state index contributed by atoms with van der Waals surface area (Å²) in [6.45, 7) is 0.819. The van der Waals surface area contributed by atoms with Crippen molar-refractivity contribution in [1.29, 1.82) is 0 Å². The van der Waals surface area contributed by atoms with Gasteiger partial charge in [-0.3, -0.25) is 4.79 Å². The number of imidazole rings is 1. The molecule has 19 heavy (non-hydrogen) atoms. The minimum Gasteiger partial charge on any atom is -0.367 e. The number of aromatic amines is 1. The third-order valence-corrected chi connectivity index (χ3v) is 2.99. The van der Waals surface area contributed by atoms with Gasteiger partial charge >= 0.3 is 0 Å². The fourth-order valence-corrected chi connectivity index (χ4v) is 2.02. The van der Waals surface area contributed by atoms with Crippen LogP contribution >= 0.6 is 0 Å². The Morgan fingerprint density at radius 3 is 3.05 bits per heavy atom. The molecular weight excluding hydrogens is 240 g/mol. The van der Waals surface area contributed by atoms with E-state index in [0.29, 0.717) is 6.54 Å². The third kappa shape index (κ3) is 2.49. The second-order valence-electron chi connectivity index (χ2n) is 4.36. The molecule has 0 aliphatic rings. The SMILES string of the molecule is O=C(Cn1cnc2ccccc21)NCc1cc[nH]c1. The lowest BCUT2D eigenvalue weighted by molar-refractivity contribution is -0.121. The average Bonchev–Trinajstić information content (AvgIpc) is 3.07. The van der Waals surface area contributed by atoms with Gasteiger partial charge in [-0.2, -0.15) is 0 Å². The Morgan fingerprint density at radius 1 is 1.32 bits per heavy atom. The molecule has 2 N–H and O–H groups in total. The van der Waals surface area contributed by atoms with Crippen LogP contribution in [0.1, 0.15) is 5.56 Å². The monoisotopic (exact) mass is 254 g/mol. The van der Waals surface area contributed by atoms with E-state index >= 15 is 0 Å². The lowest BCUT2D eigenvalue weighted by Gasteiger charge is -2.05. The number of carbonyl (C=O) groups excluding carboxylic acids is 1. The summed E-state index contributed by atoms with van der Waals surface area (Å²) in [7, 11) is 0. The van der Waals surface area contributed by atoms with Crippen molar-refractivity contribution < 1.29 is 4.79 Å². The molecule has 3 rings (SSSR count). The van der Waals surface area contributed by atoms with Crippen LogP contribution in [0, 0.1) is 0 Å². The smallest absolute Gasteiger partial charge is 0.240 e. The first-order valence-corrected chi connectivity index (χ1v) is 6.11. The van der Waals surface area contributed by atoms with Gasteiger partial charge in [0.25, 0.3) is 0 Å². The molecule has 0 unspecified atom stereocenters. The molecule has 0 atom stereocenters. The quantitative estimate of drug-likeness (QED) is 0.744. The highest BCUT2D eigenvalue weighted by Gasteiger charge is 2.06. The van der Waals surface area contributed by atoms with Crippen molar-refractivity contribution >= 4 is 16.9 Å². The van der Waals surface area contributed by atoms with Gasteiger partial charge in [0.1, 0.15) is 6.54 Å². The molecule has 1 amide bonds. The summed E-state index contributed by atoms with van der Waals surface area (Å²) < 4.78 is 1.85. The maximum atomic E-state index is 11.9. The Morgan fingerprint density at radius 2 is 2.21 bits per heavy atom. The molecule has 0 fully saturated rings. The van der Waals surface area contributed by atoms with Gasteiger partial charge in [0.05, 0.1) is 17.4 Å². The van der Waals surface area contributed by atoms with Crippen LogP contribution in [0.2, 0.25) is 0 Å². The van der Waals surface area contributed by atoms with Gasteiger partial charge in [0.2, 0.25) is 5.91 Å². The van der Waals surface area contributed by atoms with Crippen molar-refractivity contribution in [3.05, 3.63) is 54.6 Å². The first-order chi connectivity index (χ1) is 9.33. The Bertz CT molecular complexity index is 684. The van der Waals surface area contributed by atoms with E-state index in [2.05, 4.69) is 15.3 Å². The number of aromatic nitrogens is 3. The molecular formula is C14H14N4O. The summed E-state index contributed by atoms with van der Waals surface area (Å²) in [6, 6.07) is 9.71. The molecule has 5 nitrogen and oxygen atoms in total. The van der Waals surface area contributed by atoms with Crippen LogP contribution in [0.15, 0.2) is 49.1 Å². The van der Waals surface area contributed by atoms with Crippen LogP contribution in [0.3, 0.4) is 0 Å². The topological polar surface area (TPSA) is 62.7 Å². The summed E-state index contributed by atoms with van der Waals surface area (Å²) in [6.07, 6.45) is 5.40. The van der Waals surface area contributed by atoms with Crippen molar-refractivity contribution in [2.75, 3.05) is 0 Å². The molecule has 0 saturated carbocycles. The molecule has 0 aliphatic heterocycles. The maximum Gasteiger partial charge on any atom is 0.240 e. The van der Waals surface area contributed by atoms with E-state index in [0.717, 1.165) is 16.6 Å². The molecule has 0 radical (unpaired) electrons. The Labute approximate surface area is 110 Å². The Kier molecular flexibility index (Phi) is 3.02. The van der Waals surface area contributed by atoms with Crippen molar-refractivity contribution in [3.63, 3.8) is 0 Å². The summed E-state index contributed by atoms with van der Waals surface area (Å²) in [5.74, 6) is -0.0237. The van der Waals surface area contributed by atoms with E-state index in [1.807, 2.05) is 47.3 Å². The zero-order valence-electron chi connectivity index (χ0n) is 10.3. The van der Waals surface area contributed by atoms with Gasteiger partial charge in [-0.15, -0.1) is 0 Å².